The first-order valence-electron chi connectivity index (χ1n) is 8.98. The molecule has 1 aromatic heterocycles. The van der Waals surface area contributed by atoms with Crippen molar-refractivity contribution in [2.45, 2.75) is 76.4 Å². The molecule has 0 amide bonds. The Morgan fingerprint density at radius 2 is 1.62 bits per heavy atom. The summed E-state index contributed by atoms with van der Waals surface area (Å²) in [4.78, 5) is 0. The molecule has 7 heteroatoms. The van der Waals surface area contributed by atoms with Gasteiger partial charge in [-0.3, -0.25) is 4.68 Å². The van der Waals surface area contributed by atoms with Crippen molar-refractivity contribution < 1.29 is 18.8 Å². The molecule has 3 aliphatic rings. The van der Waals surface area contributed by atoms with Gasteiger partial charge in [0.15, 0.2) is 5.79 Å². The summed E-state index contributed by atoms with van der Waals surface area (Å²) >= 11 is 0. The van der Waals surface area contributed by atoms with Gasteiger partial charge in [-0.05, 0) is 40.5 Å². The molecule has 3 fully saturated rings. The van der Waals surface area contributed by atoms with E-state index >= 15 is 0 Å². The summed E-state index contributed by atoms with van der Waals surface area (Å²) in [6, 6.07) is 0.389. The van der Waals surface area contributed by atoms with E-state index in [1.165, 1.54) is 0 Å². The highest BCUT2D eigenvalue weighted by Gasteiger charge is 2.52. The van der Waals surface area contributed by atoms with Crippen molar-refractivity contribution in [3.05, 3.63) is 12.4 Å². The molecular weight excluding hydrogens is 307 g/mol. The van der Waals surface area contributed by atoms with Crippen LogP contribution in [0, 0.1) is 0 Å². The Hall–Kier alpha value is -0.885. The second kappa shape index (κ2) is 5.56. The summed E-state index contributed by atoms with van der Waals surface area (Å²) in [5.41, 5.74) is 0.338. The van der Waals surface area contributed by atoms with Crippen LogP contribution in [0.5, 0.6) is 0 Å². The SMILES string of the molecule is CC1(C)OB(c2cnn(C3CCC4(CC3)OCCO4)c2)OC1(C)C. The van der Waals surface area contributed by atoms with Crippen molar-refractivity contribution in [2.75, 3.05) is 13.2 Å². The summed E-state index contributed by atoms with van der Waals surface area (Å²) in [7, 11) is -0.347. The van der Waals surface area contributed by atoms with E-state index < -0.39 is 0 Å². The Morgan fingerprint density at radius 1 is 1.04 bits per heavy atom. The van der Waals surface area contributed by atoms with Crippen LogP contribution in [0.25, 0.3) is 0 Å². The maximum absolute atomic E-state index is 6.11. The smallest absolute Gasteiger partial charge is 0.399 e. The van der Waals surface area contributed by atoms with E-state index in [9.17, 15) is 0 Å². The van der Waals surface area contributed by atoms with Crippen LogP contribution in [0.2, 0.25) is 0 Å². The Kier molecular flexibility index (Phi) is 3.84. The number of hydrogen-bond donors (Lipinski definition) is 0. The molecule has 24 heavy (non-hydrogen) atoms. The van der Waals surface area contributed by atoms with Crippen LogP contribution in [0.4, 0.5) is 0 Å². The molecule has 0 radical (unpaired) electrons. The molecule has 1 spiro atoms. The van der Waals surface area contributed by atoms with E-state index in [2.05, 4.69) is 43.7 Å². The zero-order valence-electron chi connectivity index (χ0n) is 15.1. The Morgan fingerprint density at radius 3 is 2.21 bits per heavy atom. The van der Waals surface area contributed by atoms with Gasteiger partial charge < -0.3 is 18.8 Å². The van der Waals surface area contributed by atoms with Gasteiger partial charge in [0, 0.05) is 30.7 Å². The van der Waals surface area contributed by atoms with Gasteiger partial charge in [0.25, 0.3) is 0 Å². The maximum Gasteiger partial charge on any atom is 0.498 e. The van der Waals surface area contributed by atoms with Crippen LogP contribution in [0.3, 0.4) is 0 Å². The summed E-state index contributed by atoms with van der Waals surface area (Å²) in [6.07, 6.45) is 7.85. The first-order valence-corrected chi connectivity index (χ1v) is 8.98. The third-order valence-corrected chi connectivity index (χ3v) is 6.05. The van der Waals surface area contributed by atoms with Crippen molar-refractivity contribution >= 4 is 12.6 Å². The van der Waals surface area contributed by atoms with Gasteiger partial charge in [0.1, 0.15) is 0 Å². The molecular formula is C17H27BN2O4. The zero-order chi connectivity index (χ0) is 17.0. The van der Waals surface area contributed by atoms with E-state index in [0.29, 0.717) is 6.04 Å². The average molecular weight is 334 g/mol. The molecule has 0 atom stereocenters. The normalized spacial score (nSPS) is 28.8. The van der Waals surface area contributed by atoms with Crippen LogP contribution in [-0.4, -0.2) is 47.1 Å². The molecule has 3 heterocycles. The van der Waals surface area contributed by atoms with E-state index in [-0.39, 0.29) is 24.1 Å². The minimum atomic E-state index is -0.347. The van der Waals surface area contributed by atoms with Crippen LogP contribution in [0.1, 0.15) is 59.4 Å². The number of ether oxygens (including phenoxy) is 2. The standard InChI is InChI=1S/C17H27BN2O4/c1-15(2)16(3,4)24-18(23-15)13-11-19-20(12-13)14-5-7-17(8-6-14)21-9-10-22-17/h11-12,14H,5-10H2,1-4H3. The molecule has 0 N–H and O–H groups in total. The molecule has 2 saturated heterocycles. The average Bonchev–Trinajstić information content (AvgIpc) is 3.20. The van der Waals surface area contributed by atoms with E-state index in [1.54, 1.807) is 0 Å². The van der Waals surface area contributed by atoms with Crippen molar-refractivity contribution in [3.63, 3.8) is 0 Å². The first kappa shape index (κ1) is 16.6. The Labute approximate surface area is 143 Å². The fraction of sp³-hybridized carbons (Fsp3) is 0.824. The molecule has 132 valence electrons. The third kappa shape index (κ3) is 2.71. The molecule has 0 unspecified atom stereocenters. The van der Waals surface area contributed by atoms with Crippen molar-refractivity contribution in [2.24, 2.45) is 0 Å². The molecule has 6 nitrogen and oxygen atoms in total. The van der Waals surface area contributed by atoms with Crippen molar-refractivity contribution in [1.82, 2.24) is 9.78 Å². The van der Waals surface area contributed by atoms with Gasteiger partial charge in [-0.25, -0.2) is 0 Å². The topological polar surface area (TPSA) is 54.7 Å². The van der Waals surface area contributed by atoms with E-state index in [1.807, 2.05) is 6.20 Å². The molecule has 0 aromatic carbocycles. The van der Waals surface area contributed by atoms with Crippen LogP contribution >= 0.6 is 0 Å². The minimum absolute atomic E-state index is 0.321. The fourth-order valence-corrected chi connectivity index (χ4v) is 3.75. The summed E-state index contributed by atoms with van der Waals surface area (Å²) < 4.78 is 25.9. The van der Waals surface area contributed by atoms with Crippen LogP contribution in [-0.2, 0) is 18.8 Å². The van der Waals surface area contributed by atoms with Gasteiger partial charge in [-0.15, -0.1) is 0 Å². The quantitative estimate of drug-likeness (QED) is 0.775. The highest BCUT2D eigenvalue weighted by atomic mass is 16.7. The predicted octanol–water partition coefficient (Wildman–Crippen LogP) is 2.04. The lowest BCUT2D eigenvalue weighted by molar-refractivity contribution is -0.181. The van der Waals surface area contributed by atoms with Gasteiger partial charge in [0.2, 0.25) is 0 Å². The van der Waals surface area contributed by atoms with Crippen molar-refractivity contribution in [3.8, 4) is 0 Å². The van der Waals surface area contributed by atoms with Gasteiger partial charge >= 0.3 is 7.12 Å². The van der Waals surface area contributed by atoms with Crippen LogP contribution < -0.4 is 5.46 Å². The predicted molar refractivity (Wildman–Crippen MR) is 90.1 cm³/mol. The summed E-state index contributed by atoms with van der Waals surface area (Å²) in [6.45, 7) is 9.72. The molecule has 1 aliphatic carbocycles. The second-order valence-electron chi connectivity index (χ2n) is 8.18. The van der Waals surface area contributed by atoms with Gasteiger partial charge in [-0.2, -0.15) is 5.10 Å². The number of nitrogens with zero attached hydrogens (tertiary/aromatic N) is 2. The summed E-state index contributed by atoms with van der Waals surface area (Å²) in [5, 5.41) is 4.57. The van der Waals surface area contributed by atoms with Gasteiger partial charge in [0.05, 0.1) is 30.5 Å². The largest absolute Gasteiger partial charge is 0.498 e. The number of hydrogen-bond acceptors (Lipinski definition) is 5. The summed E-state index contributed by atoms with van der Waals surface area (Å²) in [5.74, 6) is -0.321. The fourth-order valence-electron chi connectivity index (χ4n) is 3.75. The monoisotopic (exact) mass is 334 g/mol. The molecule has 1 saturated carbocycles. The first-order chi connectivity index (χ1) is 11.3. The minimum Gasteiger partial charge on any atom is -0.399 e. The van der Waals surface area contributed by atoms with Gasteiger partial charge in [-0.1, -0.05) is 0 Å². The number of aromatic nitrogens is 2. The zero-order valence-corrected chi connectivity index (χ0v) is 15.1. The lowest BCUT2D eigenvalue weighted by atomic mass is 9.82. The second-order valence-corrected chi connectivity index (χ2v) is 8.18. The molecule has 4 rings (SSSR count). The van der Waals surface area contributed by atoms with Crippen molar-refractivity contribution in [1.29, 1.82) is 0 Å². The number of rotatable bonds is 2. The lowest BCUT2D eigenvalue weighted by Gasteiger charge is -2.35. The molecule has 0 bridgehead atoms. The highest BCUT2D eigenvalue weighted by Crippen LogP contribution is 2.40. The third-order valence-electron chi connectivity index (χ3n) is 6.05. The Bertz CT molecular complexity index is 583. The van der Waals surface area contributed by atoms with Crippen LogP contribution in [0.15, 0.2) is 12.4 Å². The maximum atomic E-state index is 6.11. The molecule has 1 aromatic rings. The molecule has 2 aliphatic heterocycles. The Balaban J connectivity index is 1.43. The van der Waals surface area contributed by atoms with E-state index in [0.717, 1.165) is 44.4 Å². The van der Waals surface area contributed by atoms with E-state index in [4.69, 9.17) is 18.8 Å². The highest BCUT2D eigenvalue weighted by molar-refractivity contribution is 6.61. The lowest BCUT2D eigenvalue weighted by Crippen LogP contribution is -2.41.